The highest BCUT2D eigenvalue weighted by Crippen LogP contribution is 2.22. The molecule has 0 saturated carbocycles. The van der Waals surface area contributed by atoms with Gasteiger partial charge in [-0.2, -0.15) is 0 Å². The normalized spacial score (nSPS) is 13.8. The van der Waals surface area contributed by atoms with E-state index < -0.39 is 11.9 Å². The van der Waals surface area contributed by atoms with Crippen LogP contribution in [0.4, 0.5) is 4.39 Å². The molecule has 0 bridgehead atoms. The molecule has 5 heteroatoms. The fourth-order valence-corrected chi connectivity index (χ4v) is 1.46. The number of ether oxygens (including phenoxy) is 1. The number of rotatable bonds is 5. The van der Waals surface area contributed by atoms with Crippen LogP contribution >= 0.6 is 0 Å². The predicted molar refractivity (Wildman–Crippen MR) is 67.8 cm³/mol. The number of amides is 1. The van der Waals surface area contributed by atoms with Gasteiger partial charge < -0.3 is 15.8 Å². The van der Waals surface area contributed by atoms with E-state index in [0.29, 0.717) is 12.1 Å². The first-order chi connectivity index (χ1) is 8.45. The Balaban J connectivity index is 2.76. The fraction of sp³-hybridized carbons (Fsp3) is 0.462. The van der Waals surface area contributed by atoms with Gasteiger partial charge in [-0.1, -0.05) is 6.07 Å². The first-order valence-corrected chi connectivity index (χ1v) is 5.95. The van der Waals surface area contributed by atoms with Crippen molar-refractivity contribution in [3.8, 4) is 5.75 Å². The molecule has 0 radical (unpaired) electrons. The molecule has 0 spiro atoms. The second-order valence-corrected chi connectivity index (χ2v) is 4.13. The fourth-order valence-electron chi connectivity index (χ4n) is 1.46. The number of benzene rings is 1. The van der Waals surface area contributed by atoms with Crippen molar-refractivity contribution in [2.75, 3.05) is 6.54 Å². The molecule has 0 aromatic heterocycles. The molecular formula is C13H19FN2O2. The van der Waals surface area contributed by atoms with E-state index in [1.807, 2.05) is 6.92 Å². The second-order valence-electron chi connectivity index (χ2n) is 4.13. The summed E-state index contributed by atoms with van der Waals surface area (Å²) in [6.07, 6.45) is -0.736. The third kappa shape index (κ3) is 3.70. The Morgan fingerprint density at radius 3 is 2.67 bits per heavy atom. The minimum absolute atomic E-state index is 0.0538. The highest BCUT2D eigenvalue weighted by atomic mass is 19.1. The van der Waals surface area contributed by atoms with Gasteiger partial charge >= 0.3 is 0 Å². The van der Waals surface area contributed by atoms with Crippen LogP contribution in [0.25, 0.3) is 0 Å². The molecule has 0 saturated heterocycles. The van der Waals surface area contributed by atoms with Gasteiger partial charge in [0.1, 0.15) is 0 Å². The molecule has 3 N–H and O–H groups in total. The summed E-state index contributed by atoms with van der Waals surface area (Å²) >= 11 is 0. The summed E-state index contributed by atoms with van der Waals surface area (Å²) in [5, 5.41) is 2.61. The molecule has 1 aromatic carbocycles. The standard InChI is InChI=1S/C13H19FN2O2/c1-4-16-13(17)9(3)18-12-6-5-10(8(2)15)7-11(12)14/h5-9H,4,15H2,1-3H3,(H,16,17)/t8-,9?/m1/s1. The summed E-state index contributed by atoms with van der Waals surface area (Å²) < 4.78 is 19.0. The topological polar surface area (TPSA) is 64.3 Å². The third-order valence-corrected chi connectivity index (χ3v) is 2.51. The Bertz CT molecular complexity index is 421. The van der Waals surface area contributed by atoms with Crippen molar-refractivity contribution in [2.45, 2.75) is 32.9 Å². The predicted octanol–water partition coefficient (Wildman–Crippen LogP) is 1.75. The SMILES string of the molecule is CCNC(=O)C(C)Oc1ccc([C@@H](C)N)cc1F. The maximum absolute atomic E-state index is 13.7. The molecule has 18 heavy (non-hydrogen) atoms. The smallest absolute Gasteiger partial charge is 0.260 e. The summed E-state index contributed by atoms with van der Waals surface area (Å²) in [6, 6.07) is 4.26. The maximum atomic E-state index is 13.7. The molecule has 4 nitrogen and oxygen atoms in total. The van der Waals surface area contributed by atoms with Gasteiger partial charge in [0.25, 0.3) is 5.91 Å². The van der Waals surface area contributed by atoms with E-state index in [-0.39, 0.29) is 17.7 Å². The van der Waals surface area contributed by atoms with Crippen molar-refractivity contribution in [1.82, 2.24) is 5.32 Å². The quantitative estimate of drug-likeness (QED) is 0.841. The third-order valence-electron chi connectivity index (χ3n) is 2.51. The zero-order valence-corrected chi connectivity index (χ0v) is 10.9. The Morgan fingerprint density at radius 2 is 2.17 bits per heavy atom. The van der Waals surface area contributed by atoms with Gasteiger partial charge in [-0.15, -0.1) is 0 Å². The molecule has 1 amide bonds. The highest BCUT2D eigenvalue weighted by molar-refractivity contribution is 5.80. The zero-order chi connectivity index (χ0) is 13.7. The van der Waals surface area contributed by atoms with Gasteiger partial charge in [-0.25, -0.2) is 4.39 Å². The average Bonchev–Trinajstić information content (AvgIpc) is 2.31. The molecule has 0 aliphatic carbocycles. The monoisotopic (exact) mass is 254 g/mol. The lowest BCUT2D eigenvalue weighted by Crippen LogP contribution is -2.36. The molecule has 1 unspecified atom stereocenters. The Kier molecular flexibility index (Phi) is 5.09. The van der Waals surface area contributed by atoms with E-state index in [1.165, 1.54) is 12.1 Å². The summed E-state index contributed by atoms with van der Waals surface area (Å²) in [6.45, 7) is 5.66. The van der Waals surface area contributed by atoms with Crippen LogP contribution in [0.3, 0.4) is 0 Å². The maximum Gasteiger partial charge on any atom is 0.260 e. The van der Waals surface area contributed by atoms with Gasteiger partial charge in [-0.3, -0.25) is 4.79 Å². The van der Waals surface area contributed by atoms with Crippen molar-refractivity contribution in [3.05, 3.63) is 29.6 Å². The van der Waals surface area contributed by atoms with E-state index in [0.717, 1.165) is 0 Å². The average molecular weight is 254 g/mol. The Morgan fingerprint density at radius 1 is 1.50 bits per heavy atom. The minimum Gasteiger partial charge on any atom is -0.478 e. The largest absolute Gasteiger partial charge is 0.478 e. The van der Waals surface area contributed by atoms with Crippen LogP contribution in [0, 0.1) is 5.82 Å². The van der Waals surface area contributed by atoms with Crippen LogP contribution < -0.4 is 15.8 Å². The van der Waals surface area contributed by atoms with Gasteiger partial charge in [0.2, 0.25) is 0 Å². The number of nitrogens with one attached hydrogen (secondary N) is 1. The van der Waals surface area contributed by atoms with Gasteiger partial charge in [0.15, 0.2) is 17.7 Å². The second kappa shape index (κ2) is 6.35. The van der Waals surface area contributed by atoms with E-state index in [1.54, 1.807) is 19.9 Å². The lowest BCUT2D eigenvalue weighted by molar-refractivity contribution is -0.127. The van der Waals surface area contributed by atoms with Crippen LogP contribution in [0.2, 0.25) is 0 Å². The zero-order valence-electron chi connectivity index (χ0n) is 10.9. The molecule has 0 fully saturated rings. The lowest BCUT2D eigenvalue weighted by Gasteiger charge is -2.15. The van der Waals surface area contributed by atoms with Crippen LogP contribution in [0.5, 0.6) is 5.75 Å². The van der Waals surface area contributed by atoms with Gasteiger partial charge in [0.05, 0.1) is 0 Å². The summed E-state index contributed by atoms with van der Waals surface area (Å²) in [4.78, 5) is 11.5. The number of carbonyl (C=O) groups is 1. The van der Waals surface area contributed by atoms with Crippen molar-refractivity contribution in [1.29, 1.82) is 0 Å². The molecule has 0 aliphatic rings. The molecular weight excluding hydrogens is 235 g/mol. The number of likely N-dealkylation sites (N-methyl/N-ethyl adjacent to an activating group) is 1. The number of hydrogen-bond donors (Lipinski definition) is 2. The van der Waals surface area contributed by atoms with E-state index >= 15 is 0 Å². The lowest BCUT2D eigenvalue weighted by atomic mass is 10.1. The van der Waals surface area contributed by atoms with Gasteiger partial charge in [0, 0.05) is 12.6 Å². The van der Waals surface area contributed by atoms with Crippen molar-refractivity contribution < 1.29 is 13.9 Å². The number of carbonyl (C=O) groups excluding carboxylic acids is 1. The first kappa shape index (κ1) is 14.4. The number of nitrogens with two attached hydrogens (primary N) is 1. The minimum atomic E-state index is -0.736. The van der Waals surface area contributed by atoms with E-state index in [4.69, 9.17) is 10.5 Å². The van der Waals surface area contributed by atoms with Crippen LogP contribution in [-0.4, -0.2) is 18.6 Å². The number of halogens is 1. The van der Waals surface area contributed by atoms with Gasteiger partial charge in [-0.05, 0) is 38.5 Å². The molecule has 0 aliphatic heterocycles. The molecule has 0 heterocycles. The molecule has 1 aromatic rings. The highest BCUT2D eigenvalue weighted by Gasteiger charge is 2.16. The number of hydrogen-bond acceptors (Lipinski definition) is 3. The molecule has 100 valence electrons. The summed E-state index contributed by atoms with van der Waals surface area (Å²) in [5.41, 5.74) is 6.34. The first-order valence-electron chi connectivity index (χ1n) is 5.95. The summed E-state index contributed by atoms with van der Waals surface area (Å²) in [5.74, 6) is -0.729. The Hall–Kier alpha value is -1.62. The van der Waals surface area contributed by atoms with E-state index in [9.17, 15) is 9.18 Å². The Labute approximate surface area is 106 Å². The van der Waals surface area contributed by atoms with Crippen molar-refractivity contribution in [3.63, 3.8) is 0 Å². The molecule has 2 atom stereocenters. The van der Waals surface area contributed by atoms with Crippen LogP contribution in [-0.2, 0) is 4.79 Å². The molecule has 1 rings (SSSR count). The van der Waals surface area contributed by atoms with E-state index in [2.05, 4.69) is 5.32 Å². The van der Waals surface area contributed by atoms with Crippen LogP contribution in [0.15, 0.2) is 18.2 Å². The van der Waals surface area contributed by atoms with Crippen molar-refractivity contribution >= 4 is 5.91 Å². The van der Waals surface area contributed by atoms with Crippen LogP contribution in [0.1, 0.15) is 32.4 Å². The van der Waals surface area contributed by atoms with Crippen molar-refractivity contribution in [2.24, 2.45) is 5.73 Å². The summed E-state index contributed by atoms with van der Waals surface area (Å²) in [7, 11) is 0.